The molecule has 1 fully saturated rings. The van der Waals surface area contributed by atoms with E-state index in [1.807, 2.05) is 0 Å². The lowest BCUT2D eigenvalue weighted by atomic mass is 9.94. The summed E-state index contributed by atoms with van der Waals surface area (Å²) in [5.41, 5.74) is 5.15. The number of rotatable bonds is 4. The van der Waals surface area contributed by atoms with Gasteiger partial charge in [0.15, 0.2) is 0 Å². The van der Waals surface area contributed by atoms with Gasteiger partial charge in [-0.3, -0.25) is 4.79 Å². The highest BCUT2D eigenvalue weighted by Crippen LogP contribution is 2.30. The number of nitrogens with two attached hydrogens (primary N) is 1. The smallest absolute Gasteiger partial charge is 0.252 e. The van der Waals surface area contributed by atoms with Gasteiger partial charge in [-0.2, -0.15) is 4.31 Å². The summed E-state index contributed by atoms with van der Waals surface area (Å²) in [4.78, 5) is 10.8. The van der Waals surface area contributed by atoms with Crippen molar-refractivity contribution in [1.82, 2.24) is 4.31 Å². The summed E-state index contributed by atoms with van der Waals surface area (Å²) in [5, 5.41) is 0. The molecular formula is C11H15ClN2O3S2. The predicted octanol–water partition coefficient (Wildman–Crippen LogP) is 1.68. The van der Waals surface area contributed by atoms with Gasteiger partial charge in [0, 0.05) is 19.5 Å². The maximum Gasteiger partial charge on any atom is 0.252 e. The molecule has 0 atom stereocenters. The Balaban J connectivity index is 2.03. The van der Waals surface area contributed by atoms with Crippen LogP contribution in [0, 0.1) is 5.92 Å². The third-order valence-electron chi connectivity index (χ3n) is 3.21. The molecule has 0 spiro atoms. The monoisotopic (exact) mass is 322 g/mol. The fourth-order valence-electron chi connectivity index (χ4n) is 2.20. The molecule has 2 rings (SSSR count). The van der Waals surface area contributed by atoms with Crippen LogP contribution in [-0.4, -0.2) is 31.7 Å². The molecule has 106 valence electrons. The summed E-state index contributed by atoms with van der Waals surface area (Å²) < 4.78 is 26.8. The zero-order valence-corrected chi connectivity index (χ0v) is 12.6. The van der Waals surface area contributed by atoms with Crippen molar-refractivity contribution in [1.29, 1.82) is 0 Å². The van der Waals surface area contributed by atoms with Crippen molar-refractivity contribution in [3.8, 4) is 0 Å². The van der Waals surface area contributed by atoms with Crippen LogP contribution < -0.4 is 5.73 Å². The fourth-order valence-corrected chi connectivity index (χ4v) is 5.31. The fraction of sp³-hybridized carbons (Fsp3) is 0.545. The van der Waals surface area contributed by atoms with Crippen LogP contribution in [0.5, 0.6) is 0 Å². The minimum atomic E-state index is -3.44. The van der Waals surface area contributed by atoms with Crippen molar-refractivity contribution in [2.24, 2.45) is 11.7 Å². The molecule has 1 aliphatic heterocycles. The van der Waals surface area contributed by atoms with E-state index in [0.717, 1.165) is 11.3 Å². The van der Waals surface area contributed by atoms with Gasteiger partial charge in [0.05, 0.1) is 4.34 Å². The molecule has 0 aromatic carbocycles. The van der Waals surface area contributed by atoms with Gasteiger partial charge < -0.3 is 5.73 Å². The molecule has 0 radical (unpaired) electrons. The Hall–Kier alpha value is -0.630. The number of carbonyl (C=O) groups is 1. The number of piperidine rings is 1. The van der Waals surface area contributed by atoms with E-state index in [2.05, 4.69) is 0 Å². The highest BCUT2D eigenvalue weighted by atomic mass is 35.5. The van der Waals surface area contributed by atoms with Crippen LogP contribution in [0.15, 0.2) is 16.3 Å². The van der Waals surface area contributed by atoms with Gasteiger partial charge in [0.25, 0.3) is 10.0 Å². The topological polar surface area (TPSA) is 80.5 Å². The molecule has 1 aromatic heterocycles. The first kappa shape index (κ1) is 14.8. The Kier molecular flexibility index (Phi) is 4.50. The summed E-state index contributed by atoms with van der Waals surface area (Å²) in [7, 11) is -3.44. The van der Waals surface area contributed by atoms with Gasteiger partial charge in [-0.1, -0.05) is 11.6 Å². The number of thiophene rings is 1. The molecule has 19 heavy (non-hydrogen) atoms. The first-order valence-electron chi connectivity index (χ1n) is 5.93. The SMILES string of the molecule is NC(=O)CC1CCN(S(=O)(=O)c2ccc(Cl)s2)CC1. The minimum absolute atomic E-state index is 0.191. The highest BCUT2D eigenvalue weighted by molar-refractivity contribution is 7.91. The summed E-state index contributed by atoms with van der Waals surface area (Å²) in [6, 6.07) is 3.11. The Morgan fingerprint density at radius 1 is 1.42 bits per heavy atom. The molecule has 1 amide bonds. The molecule has 1 aliphatic rings. The summed E-state index contributed by atoms with van der Waals surface area (Å²) in [5.74, 6) is -0.137. The standard InChI is InChI=1S/C11H15ClN2O3S2/c12-9-1-2-11(18-9)19(16,17)14-5-3-8(4-6-14)7-10(13)15/h1-2,8H,3-7H2,(H2,13,15). The van der Waals surface area contributed by atoms with E-state index in [4.69, 9.17) is 17.3 Å². The molecule has 5 nitrogen and oxygen atoms in total. The lowest BCUT2D eigenvalue weighted by Gasteiger charge is -2.30. The van der Waals surface area contributed by atoms with Crippen LogP contribution in [0.1, 0.15) is 19.3 Å². The number of amides is 1. The normalized spacial score (nSPS) is 18.6. The van der Waals surface area contributed by atoms with Crippen LogP contribution in [0.25, 0.3) is 0 Å². The van der Waals surface area contributed by atoms with E-state index in [1.165, 1.54) is 10.4 Å². The van der Waals surface area contributed by atoms with E-state index >= 15 is 0 Å². The summed E-state index contributed by atoms with van der Waals surface area (Å²) in [6.45, 7) is 0.853. The molecule has 0 bridgehead atoms. The van der Waals surface area contributed by atoms with E-state index in [9.17, 15) is 13.2 Å². The second kappa shape index (κ2) is 5.78. The maximum absolute atomic E-state index is 12.3. The van der Waals surface area contributed by atoms with Crippen molar-refractivity contribution in [2.75, 3.05) is 13.1 Å². The van der Waals surface area contributed by atoms with Gasteiger partial charge in [-0.25, -0.2) is 8.42 Å². The van der Waals surface area contributed by atoms with Gasteiger partial charge in [0.1, 0.15) is 4.21 Å². The van der Waals surface area contributed by atoms with E-state index in [0.29, 0.717) is 36.7 Å². The van der Waals surface area contributed by atoms with Crippen molar-refractivity contribution in [2.45, 2.75) is 23.5 Å². The third kappa shape index (κ3) is 3.47. The first-order valence-corrected chi connectivity index (χ1v) is 8.57. The van der Waals surface area contributed by atoms with E-state index in [1.54, 1.807) is 6.07 Å². The number of carbonyl (C=O) groups excluding carboxylic acids is 1. The van der Waals surface area contributed by atoms with E-state index in [-0.39, 0.29) is 16.0 Å². The average molecular weight is 323 g/mol. The molecule has 0 saturated carbocycles. The average Bonchev–Trinajstić information content (AvgIpc) is 2.76. The molecule has 0 aliphatic carbocycles. The highest BCUT2D eigenvalue weighted by Gasteiger charge is 2.30. The van der Waals surface area contributed by atoms with Gasteiger partial charge in [-0.15, -0.1) is 11.3 Å². The van der Waals surface area contributed by atoms with E-state index < -0.39 is 10.0 Å². The van der Waals surface area contributed by atoms with Crippen LogP contribution in [-0.2, 0) is 14.8 Å². The molecule has 1 saturated heterocycles. The summed E-state index contributed by atoms with van der Waals surface area (Å²) in [6.07, 6.45) is 1.67. The Labute approximate surface area is 121 Å². The maximum atomic E-state index is 12.3. The Bertz CT molecular complexity index is 562. The van der Waals surface area contributed by atoms with Gasteiger partial charge in [-0.05, 0) is 30.9 Å². The number of halogens is 1. The van der Waals surface area contributed by atoms with Gasteiger partial charge >= 0.3 is 0 Å². The second-order valence-corrected chi connectivity index (χ2v) is 8.46. The number of primary amides is 1. The van der Waals surface area contributed by atoms with Crippen LogP contribution in [0.4, 0.5) is 0 Å². The molecule has 0 unspecified atom stereocenters. The molecule has 2 N–H and O–H groups in total. The van der Waals surface area contributed by atoms with Crippen LogP contribution in [0.3, 0.4) is 0 Å². The number of hydrogen-bond acceptors (Lipinski definition) is 4. The summed E-state index contributed by atoms with van der Waals surface area (Å²) >= 11 is 6.83. The molecule has 2 heterocycles. The lowest BCUT2D eigenvalue weighted by molar-refractivity contribution is -0.119. The Morgan fingerprint density at radius 3 is 2.53 bits per heavy atom. The number of hydrogen-bond donors (Lipinski definition) is 1. The van der Waals surface area contributed by atoms with Crippen molar-refractivity contribution >= 4 is 38.9 Å². The zero-order valence-electron chi connectivity index (χ0n) is 10.2. The van der Waals surface area contributed by atoms with Gasteiger partial charge in [0.2, 0.25) is 5.91 Å². The predicted molar refractivity (Wildman–Crippen MR) is 74.6 cm³/mol. The van der Waals surface area contributed by atoms with Crippen molar-refractivity contribution < 1.29 is 13.2 Å². The number of sulfonamides is 1. The Morgan fingerprint density at radius 2 is 2.05 bits per heavy atom. The minimum Gasteiger partial charge on any atom is -0.370 e. The quantitative estimate of drug-likeness (QED) is 0.915. The number of nitrogens with zero attached hydrogens (tertiary/aromatic N) is 1. The molecular weight excluding hydrogens is 308 g/mol. The molecule has 8 heteroatoms. The lowest BCUT2D eigenvalue weighted by Crippen LogP contribution is -2.38. The zero-order chi connectivity index (χ0) is 14.0. The van der Waals surface area contributed by atoms with Crippen LogP contribution >= 0.6 is 22.9 Å². The third-order valence-corrected chi connectivity index (χ3v) is 6.80. The van der Waals surface area contributed by atoms with Crippen molar-refractivity contribution in [3.63, 3.8) is 0 Å². The largest absolute Gasteiger partial charge is 0.370 e. The van der Waals surface area contributed by atoms with Crippen molar-refractivity contribution in [3.05, 3.63) is 16.5 Å². The molecule has 1 aromatic rings. The first-order chi connectivity index (χ1) is 8.89. The van der Waals surface area contributed by atoms with Crippen LogP contribution in [0.2, 0.25) is 4.34 Å². The second-order valence-electron chi connectivity index (χ2n) is 4.58.